The quantitative estimate of drug-likeness (QED) is 0.735. The first-order valence-electron chi connectivity index (χ1n) is 10.1. The van der Waals surface area contributed by atoms with Crippen LogP contribution in [0.4, 0.5) is 0 Å². The highest BCUT2D eigenvalue weighted by Gasteiger charge is 2.25. The highest BCUT2D eigenvalue weighted by molar-refractivity contribution is 5.98. The minimum Gasteiger partial charge on any atom is -0.465 e. The van der Waals surface area contributed by atoms with Gasteiger partial charge in [-0.2, -0.15) is 0 Å². The summed E-state index contributed by atoms with van der Waals surface area (Å²) in [5.74, 6) is -0.344. The molecule has 2 aliphatic heterocycles. The summed E-state index contributed by atoms with van der Waals surface area (Å²) >= 11 is 0. The number of likely N-dealkylation sites (tertiary alicyclic amines) is 1. The van der Waals surface area contributed by atoms with Crippen LogP contribution in [0.25, 0.3) is 0 Å². The van der Waals surface area contributed by atoms with Gasteiger partial charge in [-0.15, -0.1) is 0 Å². The number of amides is 2. The van der Waals surface area contributed by atoms with E-state index in [2.05, 4.69) is 4.90 Å². The Morgan fingerprint density at radius 1 is 0.857 bits per heavy atom. The van der Waals surface area contributed by atoms with Crippen LogP contribution in [0.15, 0.2) is 24.3 Å². The number of hydrogen-bond donors (Lipinski definition) is 0. The second-order valence-corrected chi connectivity index (χ2v) is 7.44. The maximum absolute atomic E-state index is 12.8. The van der Waals surface area contributed by atoms with Gasteiger partial charge in [0.05, 0.1) is 19.2 Å². The molecule has 0 atom stereocenters. The van der Waals surface area contributed by atoms with Crippen molar-refractivity contribution in [3.63, 3.8) is 0 Å². The number of carbonyl (C=O) groups excluding carboxylic acids is 3. The zero-order valence-corrected chi connectivity index (χ0v) is 16.6. The van der Waals surface area contributed by atoms with E-state index in [1.54, 1.807) is 29.2 Å². The number of benzene rings is 1. The predicted molar refractivity (Wildman–Crippen MR) is 105 cm³/mol. The molecule has 0 radical (unpaired) electrons. The molecule has 0 unspecified atom stereocenters. The average molecular weight is 387 g/mol. The Balaban J connectivity index is 1.51. The third-order valence-electron chi connectivity index (χ3n) is 5.51. The number of methoxy groups -OCH3 is 1. The first-order chi connectivity index (χ1) is 13.6. The lowest BCUT2D eigenvalue weighted by molar-refractivity contribution is -0.132. The summed E-state index contributed by atoms with van der Waals surface area (Å²) < 4.78 is 4.72. The standard InChI is InChI=1S/C21H29N3O4/c1-28-21(27)18-8-6-7-17(15-18)20(26)24-13-11-22(12-14-24)16-19(25)23-9-4-2-3-5-10-23/h6-8,15H,2-5,9-14,16H2,1H3. The monoisotopic (exact) mass is 387 g/mol. The SMILES string of the molecule is COC(=O)c1cccc(C(=O)N2CCN(CC(=O)N3CCCCCC3)CC2)c1. The van der Waals surface area contributed by atoms with Gasteiger partial charge < -0.3 is 14.5 Å². The van der Waals surface area contributed by atoms with Gasteiger partial charge in [0.2, 0.25) is 5.91 Å². The first-order valence-corrected chi connectivity index (χ1v) is 10.1. The number of carbonyl (C=O) groups is 3. The molecule has 2 amide bonds. The van der Waals surface area contributed by atoms with Crippen molar-refractivity contribution in [2.45, 2.75) is 25.7 Å². The zero-order valence-electron chi connectivity index (χ0n) is 16.6. The van der Waals surface area contributed by atoms with Crippen LogP contribution >= 0.6 is 0 Å². The fourth-order valence-electron chi connectivity index (χ4n) is 3.80. The van der Waals surface area contributed by atoms with Gasteiger partial charge in [-0.25, -0.2) is 4.79 Å². The van der Waals surface area contributed by atoms with E-state index in [1.807, 2.05) is 4.90 Å². The third kappa shape index (κ3) is 5.10. The fraction of sp³-hybridized carbons (Fsp3) is 0.571. The van der Waals surface area contributed by atoms with Gasteiger partial charge in [-0.3, -0.25) is 14.5 Å². The predicted octanol–water partition coefficient (Wildman–Crippen LogP) is 1.63. The Kier molecular flexibility index (Phi) is 7.03. The van der Waals surface area contributed by atoms with E-state index >= 15 is 0 Å². The minimum absolute atomic E-state index is 0.0933. The van der Waals surface area contributed by atoms with Gasteiger partial charge in [0.25, 0.3) is 5.91 Å². The van der Waals surface area contributed by atoms with Gasteiger partial charge in [0.15, 0.2) is 0 Å². The van der Waals surface area contributed by atoms with E-state index < -0.39 is 5.97 Å². The van der Waals surface area contributed by atoms with Crippen LogP contribution in [0.3, 0.4) is 0 Å². The molecule has 7 nitrogen and oxygen atoms in total. The lowest BCUT2D eigenvalue weighted by atomic mass is 10.1. The molecule has 0 spiro atoms. The topological polar surface area (TPSA) is 70.2 Å². The van der Waals surface area contributed by atoms with E-state index in [0.29, 0.717) is 43.9 Å². The molecule has 2 fully saturated rings. The smallest absolute Gasteiger partial charge is 0.337 e. The molecule has 0 aliphatic carbocycles. The van der Waals surface area contributed by atoms with E-state index in [-0.39, 0.29) is 11.8 Å². The molecular weight excluding hydrogens is 358 g/mol. The van der Waals surface area contributed by atoms with Gasteiger partial charge in [0.1, 0.15) is 0 Å². The second-order valence-electron chi connectivity index (χ2n) is 7.44. The number of nitrogens with zero attached hydrogens (tertiary/aromatic N) is 3. The van der Waals surface area contributed by atoms with Crippen molar-refractivity contribution in [3.8, 4) is 0 Å². The van der Waals surface area contributed by atoms with Gasteiger partial charge in [-0.05, 0) is 31.0 Å². The first kappa shape index (κ1) is 20.3. The maximum Gasteiger partial charge on any atom is 0.337 e. The molecule has 0 saturated carbocycles. The van der Waals surface area contributed by atoms with Crippen molar-refractivity contribution in [2.75, 3.05) is 52.9 Å². The highest BCUT2D eigenvalue weighted by Crippen LogP contribution is 2.13. The Labute approximate surface area is 166 Å². The Morgan fingerprint density at radius 3 is 2.14 bits per heavy atom. The largest absolute Gasteiger partial charge is 0.465 e. The molecule has 0 bridgehead atoms. The van der Waals surface area contributed by atoms with E-state index in [9.17, 15) is 14.4 Å². The van der Waals surface area contributed by atoms with Crippen molar-refractivity contribution in [3.05, 3.63) is 35.4 Å². The van der Waals surface area contributed by atoms with Crippen molar-refractivity contribution in [1.82, 2.24) is 14.7 Å². The summed E-state index contributed by atoms with van der Waals surface area (Å²) in [7, 11) is 1.32. The number of hydrogen-bond acceptors (Lipinski definition) is 5. The normalized spacial score (nSPS) is 18.5. The molecule has 7 heteroatoms. The average Bonchev–Trinajstić information content (AvgIpc) is 3.03. The summed E-state index contributed by atoms with van der Waals surface area (Å²) in [6, 6.07) is 6.61. The lowest BCUT2D eigenvalue weighted by Gasteiger charge is -2.35. The number of piperazine rings is 1. The number of esters is 1. The molecular formula is C21H29N3O4. The summed E-state index contributed by atoms with van der Waals surface area (Å²) in [5.41, 5.74) is 0.854. The summed E-state index contributed by atoms with van der Waals surface area (Å²) in [5, 5.41) is 0. The lowest BCUT2D eigenvalue weighted by Crippen LogP contribution is -2.51. The molecule has 1 aromatic rings. The molecule has 28 heavy (non-hydrogen) atoms. The molecule has 2 aliphatic rings. The van der Waals surface area contributed by atoms with Crippen molar-refractivity contribution in [1.29, 1.82) is 0 Å². The van der Waals surface area contributed by atoms with Crippen molar-refractivity contribution >= 4 is 17.8 Å². The van der Waals surface area contributed by atoms with E-state index in [4.69, 9.17) is 4.74 Å². The van der Waals surface area contributed by atoms with Crippen LogP contribution in [-0.2, 0) is 9.53 Å². The second kappa shape index (κ2) is 9.68. The van der Waals surface area contributed by atoms with E-state index in [0.717, 1.165) is 25.9 Å². The Morgan fingerprint density at radius 2 is 1.50 bits per heavy atom. The molecule has 3 rings (SSSR count). The fourth-order valence-corrected chi connectivity index (χ4v) is 3.80. The molecule has 0 aromatic heterocycles. The van der Waals surface area contributed by atoms with Gasteiger partial charge in [-0.1, -0.05) is 18.9 Å². The maximum atomic E-state index is 12.8. The molecule has 0 N–H and O–H groups in total. The van der Waals surface area contributed by atoms with Gasteiger partial charge in [0, 0.05) is 44.8 Å². The van der Waals surface area contributed by atoms with Crippen LogP contribution in [0.2, 0.25) is 0 Å². The van der Waals surface area contributed by atoms with Crippen molar-refractivity contribution in [2.24, 2.45) is 0 Å². The molecule has 152 valence electrons. The molecule has 1 aromatic carbocycles. The zero-order chi connectivity index (χ0) is 19.9. The third-order valence-corrected chi connectivity index (χ3v) is 5.51. The highest BCUT2D eigenvalue weighted by atomic mass is 16.5. The minimum atomic E-state index is -0.452. The van der Waals surface area contributed by atoms with Gasteiger partial charge >= 0.3 is 5.97 Å². The van der Waals surface area contributed by atoms with E-state index in [1.165, 1.54) is 20.0 Å². The summed E-state index contributed by atoms with van der Waals surface area (Å²) in [6.45, 7) is 4.69. The number of ether oxygens (including phenoxy) is 1. The Hall–Kier alpha value is -2.41. The van der Waals surface area contributed by atoms with Crippen molar-refractivity contribution < 1.29 is 19.1 Å². The summed E-state index contributed by atoms with van der Waals surface area (Å²) in [4.78, 5) is 42.9. The van der Waals surface area contributed by atoms with Crippen LogP contribution in [0.1, 0.15) is 46.4 Å². The summed E-state index contributed by atoms with van der Waals surface area (Å²) in [6.07, 6.45) is 4.61. The van der Waals surface area contributed by atoms with Crippen LogP contribution in [0, 0.1) is 0 Å². The van der Waals surface area contributed by atoms with Crippen LogP contribution in [-0.4, -0.2) is 85.4 Å². The number of rotatable bonds is 4. The molecule has 2 heterocycles. The van der Waals surface area contributed by atoms with Crippen LogP contribution < -0.4 is 0 Å². The van der Waals surface area contributed by atoms with Crippen LogP contribution in [0.5, 0.6) is 0 Å². The Bertz CT molecular complexity index is 705. The molecule has 2 saturated heterocycles.